The van der Waals surface area contributed by atoms with Crippen LogP contribution in [0.15, 0.2) is 57.2 Å². The number of hydrogen-bond acceptors (Lipinski definition) is 6. The van der Waals surface area contributed by atoms with Crippen molar-refractivity contribution in [2.45, 2.75) is 12.7 Å². The number of thioether (sulfide) groups is 1. The van der Waals surface area contributed by atoms with Crippen LogP contribution in [0.5, 0.6) is 0 Å². The molecule has 4 rings (SSSR count). The molecule has 2 aromatic heterocycles. The Labute approximate surface area is 203 Å². The van der Waals surface area contributed by atoms with Crippen LogP contribution in [0.2, 0.25) is 5.02 Å². The molecule has 3 heterocycles. The molecular formula is C21H14ClF4N5O3S. The average molecular weight is 528 g/mol. The second-order valence-electron chi connectivity index (χ2n) is 7.28. The highest BCUT2D eigenvalue weighted by atomic mass is 35.5. The first kappa shape index (κ1) is 24.7. The molecule has 1 saturated heterocycles. The van der Waals surface area contributed by atoms with Crippen molar-refractivity contribution in [3.8, 4) is 5.69 Å². The first-order valence-electron chi connectivity index (χ1n) is 9.79. The Morgan fingerprint density at radius 2 is 1.91 bits per heavy atom. The molecule has 0 aliphatic carbocycles. The molecule has 3 aromatic rings. The molecule has 0 spiro atoms. The van der Waals surface area contributed by atoms with Crippen LogP contribution in [0.3, 0.4) is 0 Å². The normalized spacial score (nSPS) is 15.3. The molecule has 1 aliphatic rings. The Morgan fingerprint density at radius 3 is 2.57 bits per heavy atom. The predicted molar refractivity (Wildman–Crippen MR) is 122 cm³/mol. The van der Waals surface area contributed by atoms with E-state index in [9.17, 15) is 31.9 Å². The van der Waals surface area contributed by atoms with Crippen molar-refractivity contribution in [3.63, 3.8) is 0 Å². The van der Waals surface area contributed by atoms with E-state index in [4.69, 9.17) is 11.6 Å². The zero-order chi connectivity index (χ0) is 25.5. The number of aliphatic imine (C=N–C) groups is 1. The Bertz CT molecular complexity index is 1470. The molecule has 0 atom stereocenters. The van der Waals surface area contributed by atoms with Gasteiger partial charge in [-0.25, -0.2) is 18.7 Å². The van der Waals surface area contributed by atoms with Crippen LogP contribution in [-0.2, 0) is 24.6 Å². The molecule has 14 heteroatoms. The van der Waals surface area contributed by atoms with Crippen LogP contribution < -0.4 is 11.2 Å². The van der Waals surface area contributed by atoms with Gasteiger partial charge in [0, 0.05) is 19.3 Å². The number of halogens is 5. The summed E-state index contributed by atoms with van der Waals surface area (Å²) < 4.78 is 54.6. The number of carbonyl (C=O) groups excluding carboxylic acids is 1. The summed E-state index contributed by atoms with van der Waals surface area (Å²) >= 11 is 7.20. The quantitative estimate of drug-likeness (QED) is 0.485. The summed E-state index contributed by atoms with van der Waals surface area (Å²) in [5.74, 6) is -1.31. The van der Waals surface area contributed by atoms with Crippen molar-refractivity contribution < 1.29 is 22.4 Å². The lowest BCUT2D eigenvalue weighted by Gasteiger charge is -2.16. The van der Waals surface area contributed by atoms with Gasteiger partial charge >= 0.3 is 11.9 Å². The summed E-state index contributed by atoms with van der Waals surface area (Å²) in [6, 6.07) is 7.11. The van der Waals surface area contributed by atoms with E-state index in [2.05, 4.69) is 9.98 Å². The number of hydrogen-bond donors (Lipinski definition) is 0. The highest BCUT2D eigenvalue weighted by Gasteiger charge is 2.35. The average Bonchev–Trinajstić information content (AvgIpc) is 3.12. The van der Waals surface area contributed by atoms with Crippen molar-refractivity contribution in [2.75, 3.05) is 5.75 Å². The van der Waals surface area contributed by atoms with E-state index >= 15 is 0 Å². The van der Waals surface area contributed by atoms with E-state index in [1.54, 1.807) is 24.4 Å². The number of aromatic nitrogens is 3. The zero-order valence-corrected chi connectivity index (χ0v) is 19.3. The van der Waals surface area contributed by atoms with Gasteiger partial charge in [-0.3, -0.25) is 24.0 Å². The third kappa shape index (κ3) is 4.86. The summed E-state index contributed by atoms with van der Waals surface area (Å²) in [5.41, 5.74) is -4.43. The predicted octanol–water partition coefficient (Wildman–Crippen LogP) is 3.51. The van der Waals surface area contributed by atoms with E-state index < -0.39 is 34.6 Å². The molecule has 8 nitrogen and oxygen atoms in total. The maximum Gasteiger partial charge on any atom is 0.431 e. The van der Waals surface area contributed by atoms with Gasteiger partial charge in [-0.05, 0) is 24.3 Å². The molecule has 0 unspecified atom stereocenters. The molecule has 0 N–H and O–H groups in total. The van der Waals surface area contributed by atoms with Crippen molar-refractivity contribution in [2.24, 2.45) is 12.0 Å². The first-order valence-corrected chi connectivity index (χ1v) is 11.1. The number of carbonyl (C=O) groups is 1. The van der Waals surface area contributed by atoms with Crippen LogP contribution >= 0.6 is 23.4 Å². The van der Waals surface area contributed by atoms with E-state index in [0.29, 0.717) is 5.69 Å². The third-order valence-electron chi connectivity index (χ3n) is 4.99. The van der Waals surface area contributed by atoms with Gasteiger partial charge < -0.3 is 0 Å². The van der Waals surface area contributed by atoms with Gasteiger partial charge in [0.1, 0.15) is 11.5 Å². The maximum absolute atomic E-state index is 14.7. The van der Waals surface area contributed by atoms with Gasteiger partial charge in [0.15, 0.2) is 5.17 Å². The number of nitrogens with zero attached hydrogens (tertiary/aromatic N) is 5. The summed E-state index contributed by atoms with van der Waals surface area (Å²) in [7, 11) is 0.812. The molecule has 1 aliphatic heterocycles. The van der Waals surface area contributed by atoms with Gasteiger partial charge in [0.25, 0.3) is 5.56 Å². The van der Waals surface area contributed by atoms with Crippen LogP contribution in [0, 0.1) is 5.82 Å². The Hall–Kier alpha value is -3.45. The van der Waals surface area contributed by atoms with E-state index in [0.717, 1.165) is 30.9 Å². The second kappa shape index (κ2) is 9.30. The lowest BCUT2D eigenvalue weighted by molar-refractivity contribution is -0.144. The Morgan fingerprint density at radius 1 is 1.17 bits per heavy atom. The fourth-order valence-corrected chi connectivity index (χ4v) is 4.38. The maximum atomic E-state index is 14.7. The standard InChI is InChI=1S/C21H14ClF4N5O3S/c1-29-16(21(24,25)26)8-17(32)31(20(29)34)15-7-14(12(22)6-13(15)23)28-19-30(18(33)10-35-19)9-11-4-2-3-5-27-11/h2-8H,9-10H2,1H3. The fraction of sp³-hybridized carbons (Fsp3) is 0.190. The topological polar surface area (TPSA) is 89.6 Å². The highest BCUT2D eigenvalue weighted by Crippen LogP contribution is 2.33. The molecule has 1 aromatic carbocycles. The van der Waals surface area contributed by atoms with Crippen LogP contribution in [0.1, 0.15) is 11.4 Å². The monoisotopic (exact) mass is 527 g/mol. The lowest BCUT2D eigenvalue weighted by Crippen LogP contribution is -2.41. The number of pyridine rings is 1. The molecule has 0 saturated carbocycles. The molecule has 1 fully saturated rings. The number of amides is 1. The number of alkyl halides is 3. The van der Waals surface area contributed by atoms with Gasteiger partial charge in [0.05, 0.1) is 34.4 Å². The van der Waals surface area contributed by atoms with Crippen molar-refractivity contribution in [3.05, 3.63) is 85.7 Å². The zero-order valence-electron chi connectivity index (χ0n) is 17.7. The molecule has 1 amide bonds. The molecule has 182 valence electrons. The van der Waals surface area contributed by atoms with Crippen LogP contribution in [0.4, 0.5) is 23.2 Å². The first-order chi connectivity index (χ1) is 16.5. The van der Waals surface area contributed by atoms with Gasteiger partial charge in [0.2, 0.25) is 5.91 Å². The largest absolute Gasteiger partial charge is 0.431 e. The van der Waals surface area contributed by atoms with Crippen molar-refractivity contribution in [1.29, 1.82) is 0 Å². The number of rotatable bonds is 4. The Kier molecular flexibility index (Phi) is 6.56. The third-order valence-corrected chi connectivity index (χ3v) is 6.25. The summed E-state index contributed by atoms with van der Waals surface area (Å²) in [6.45, 7) is 0.107. The van der Waals surface area contributed by atoms with Gasteiger partial charge in [-0.15, -0.1) is 0 Å². The fourth-order valence-electron chi connectivity index (χ4n) is 3.30. The summed E-state index contributed by atoms with van der Waals surface area (Å²) in [4.78, 5) is 47.2. The number of benzene rings is 1. The second-order valence-corrected chi connectivity index (χ2v) is 8.63. The summed E-state index contributed by atoms with van der Waals surface area (Å²) in [5, 5.41) is 0.0149. The Balaban J connectivity index is 1.81. The van der Waals surface area contributed by atoms with E-state index in [1.165, 1.54) is 4.90 Å². The highest BCUT2D eigenvalue weighted by molar-refractivity contribution is 8.15. The molecular weight excluding hydrogens is 514 g/mol. The lowest BCUT2D eigenvalue weighted by atomic mass is 10.2. The molecule has 0 radical (unpaired) electrons. The van der Waals surface area contributed by atoms with E-state index in [1.807, 2.05) is 0 Å². The minimum atomic E-state index is -4.97. The summed E-state index contributed by atoms with van der Waals surface area (Å²) in [6.07, 6.45) is -3.41. The van der Waals surface area contributed by atoms with Gasteiger partial charge in [-0.2, -0.15) is 13.2 Å². The molecule has 0 bridgehead atoms. The van der Waals surface area contributed by atoms with Gasteiger partial charge in [-0.1, -0.05) is 29.4 Å². The van der Waals surface area contributed by atoms with Crippen LogP contribution in [0.25, 0.3) is 5.69 Å². The van der Waals surface area contributed by atoms with E-state index in [-0.39, 0.29) is 49.3 Å². The number of amidine groups is 1. The molecule has 35 heavy (non-hydrogen) atoms. The van der Waals surface area contributed by atoms with Crippen molar-refractivity contribution in [1.82, 2.24) is 19.0 Å². The minimum Gasteiger partial charge on any atom is -0.292 e. The van der Waals surface area contributed by atoms with Crippen molar-refractivity contribution >= 4 is 40.1 Å². The smallest absolute Gasteiger partial charge is 0.292 e. The SMILES string of the molecule is Cn1c(C(F)(F)F)cc(=O)n(-c2cc(N=C3SCC(=O)N3Cc3ccccn3)c(Cl)cc2F)c1=O. The minimum absolute atomic E-state index is 0.0796. The van der Waals surface area contributed by atoms with Crippen LogP contribution in [-0.4, -0.2) is 35.8 Å².